The van der Waals surface area contributed by atoms with Crippen LogP contribution in [0.2, 0.25) is 5.02 Å². The van der Waals surface area contributed by atoms with Gasteiger partial charge in [-0.3, -0.25) is 9.48 Å². The molecule has 120 valence electrons. The van der Waals surface area contributed by atoms with Crippen molar-refractivity contribution in [1.29, 1.82) is 0 Å². The lowest BCUT2D eigenvalue weighted by Crippen LogP contribution is -2.27. The van der Waals surface area contributed by atoms with Crippen LogP contribution < -0.4 is 15.8 Å². The van der Waals surface area contributed by atoms with E-state index in [0.717, 1.165) is 5.56 Å². The van der Waals surface area contributed by atoms with Gasteiger partial charge in [0.15, 0.2) is 0 Å². The molecule has 0 radical (unpaired) electrons. The summed E-state index contributed by atoms with van der Waals surface area (Å²) in [5, 5.41) is 7.27. The largest absolute Gasteiger partial charge is 0.496 e. The number of methoxy groups -OCH3 is 1. The second kappa shape index (κ2) is 7.38. The molecule has 1 unspecified atom stereocenters. The highest BCUT2D eigenvalue weighted by Gasteiger charge is 2.18. The van der Waals surface area contributed by atoms with Crippen LogP contribution in [-0.2, 0) is 7.05 Å². The first-order valence-corrected chi connectivity index (χ1v) is 6.72. The fraction of sp³-hybridized carbons (Fsp3) is 0.286. The summed E-state index contributed by atoms with van der Waals surface area (Å²) in [6.07, 6.45) is 3.55. The Morgan fingerprint density at radius 1 is 1.50 bits per heavy atom. The van der Waals surface area contributed by atoms with Crippen molar-refractivity contribution < 1.29 is 9.53 Å². The van der Waals surface area contributed by atoms with E-state index in [-0.39, 0.29) is 24.4 Å². The Balaban J connectivity index is 0.00000242. The number of benzene rings is 1. The van der Waals surface area contributed by atoms with E-state index in [1.807, 2.05) is 20.2 Å². The van der Waals surface area contributed by atoms with Gasteiger partial charge in [0.25, 0.3) is 5.91 Å². The number of hydrogen-bond donors (Lipinski definition) is 2. The van der Waals surface area contributed by atoms with Gasteiger partial charge in [0.1, 0.15) is 5.75 Å². The van der Waals surface area contributed by atoms with E-state index in [9.17, 15) is 4.79 Å². The molecule has 0 bridgehead atoms. The van der Waals surface area contributed by atoms with Crippen LogP contribution in [0.15, 0.2) is 24.5 Å². The minimum absolute atomic E-state index is 0. The molecule has 0 aliphatic rings. The number of carbonyl (C=O) groups excluding carboxylic acids is 1. The second-order valence-corrected chi connectivity index (χ2v) is 5.12. The zero-order chi connectivity index (χ0) is 15.6. The minimum atomic E-state index is -0.287. The number of halogens is 2. The monoisotopic (exact) mass is 344 g/mol. The van der Waals surface area contributed by atoms with Gasteiger partial charge in [0.2, 0.25) is 0 Å². The molecule has 0 saturated heterocycles. The van der Waals surface area contributed by atoms with Crippen molar-refractivity contribution in [3.8, 4) is 5.75 Å². The molecule has 6 nitrogen and oxygen atoms in total. The summed E-state index contributed by atoms with van der Waals surface area (Å²) in [6, 6.07) is 2.85. The zero-order valence-corrected chi connectivity index (χ0v) is 14.0. The lowest BCUT2D eigenvalue weighted by Gasteiger charge is -2.15. The summed E-state index contributed by atoms with van der Waals surface area (Å²) in [6.45, 7) is 1.88. The average Bonchev–Trinajstić information content (AvgIpc) is 2.88. The third-order valence-electron chi connectivity index (χ3n) is 3.14. The minimum Gasteiger partial charge on any atom is -0.496 e. The van der Waals surface area contributed by atoms with E-state index in [0.29, 0.717) is 22.0 Å². The van der Waals surface area contributed by atoms with E-state index in [2.05, 4.69) is 10.4 Å². The standard InChI is InChI=1S/C14H17ClN4O2.ClH/c1-8(9-6-17-19(2)7-9)18-14(20)10-4-11(15)12(16)5-13(10)21-3;/h4-8H,16H2,1-3H3,(H,18,20);1H. The number of ether oxygens (including phenoxy) is 1. The lowest BCUT2D eigenvalue weighted by molar-refractivity contribution is 0.0937. The fourth-order valence-electron chi connectivity index (χ4n) is 1.94. The number of amides is 1. The van der Waals surface area contributed by atoms with Gasteiger partial charge in [-0.1, -0.05) is 11.6 Å². The van der Waals surface area contributed by atoms with Gasteiger partial charge in [-0.2, -0.15) is 5.10 Å². The number of nitrogens with two attached hydrogens (primary N) is 1. The second-order valence-electron chi connectivity index (χ2n) is 4.72. The highest BCUT2D eigenvalue weighted by Crippen LogP contribution is 2.29. The van der Waals surface area contributed by atoms with Gasteiger partial charge >= 0.3 is 0 Å². The Kier molecular flexibility index (Phi) is 6.08. The summed E-state index contributed by atoms with van der Waals surface area (Å²) >= 11 is 5.97. The summed E-state index contributed by atoms with van der Waals surface area (Å²) in [5.41, 5.74) is 7.32. The molecule has 0 aliphatic heterocycles. The molecule has 0 saturated carbocycles. The summed E-state index contributed by atoms with van der Waals surface area (Å²) in [7, 11) is 3.30. The lowest BCUT2D eigenvalue weighted by atomic mass is 10.1. The maximum Gasteiger partial charge on any atom is 0.255 e. The van der Waals surface area contributed by atoms with Gasteiger partial charge in [-0.15, -0.1) is 12.4 Å². The molecule has 1 heterocycles. The molecule has 1 amide bonds. The van der Waals surface area contributed by atoms with Crippen LogP contribution in [0.25, 0.3) is 0 Å². The third kappa shape index (κ3) is 3.84. The van der Waals surface area contributed by atoms with Crippen molar-refractivity contribution in [2.75, 3.05) is 12.8 Å². The first-order chi connectivity index (χ1) is 9.92. The van der Waals surface area contributed by atoms with E-state index in [4.69, 9.17) is 22.1 Å². The molecule has 1 atom stereocenters. The van der Waals surface area contributed by atoms with Crippen LogP contribution in [0, 0.1) is 0 Å². The Hall–Kier alpha value is -1.92. The third-order valence-corrected chi connectivity index (χ3v) is 3.46. The van der Waals surface area contributed by atoms with Crippen LogP contribution in [0.4, 0.5) is 5.69 Å². The van der Waals surface area contributed by atoms with E-state index >= 15 is 0 Å². The summed E-state index contributed by atoms with van der Waals surface area (Å²) in [4.78, 5) is 12.4. The van der Waals surface area contributed by atoms with Crippen molar-refractivity contribution in [2.45, 2.75) is 13.0 Å². The van der Waals surface area contributed by atoms with Crippen LogP contribution in [0.5, 0.6) is 5.75 Å². The van der Waals surface area contributed by atoms with E-state index in [1.54, 1.807) is 10.9 Å². The number of nitrogens with one attached hydrogen (secondary N) is 1. The number of aromatic nitrogens is 2. The molecule has 2 aromatic rings. The topological polar surface area (TPSA) is 82.2 Å². The van der Waals surface area contributed by atoms with Gasteiger partial charge < -0.3 is 15.8 Å². The number of nitrogens with zero attached hydrogens (tertiary/aromatic N) is 2. The maximum absolute atomic E-state index is 12.4. The van der Waals surface area contributed by atoms with Gasteiger partial charge in [-0.05, 0) is 13.0 Å². The van der Waals surface area contributed by atoms with Crippen molar-refractivity contribution in [2.24, 2.45) is 7.05 Å². The van der Waals surface area contributed by atoms with Crippen molar-refractivity contribution in [3.05, 3.63) is 40.7 Å². The predicted octanol–water partition coefficient (Wildman–Crippen LogP) is 2.58. The van der Waals surface area contributed by atoms with Crippen LogP contribution in [-0.4, -0.2) is 22.8 Å². The molecule has 1 aromatic carbocycles. The van der Waals surface area contributed by atoms with Crippen LogP contribution in [0.3, 0.4) is 0 Å². The number of rotatable bonds is 4. The SMILES string of the molecule is COc1cc(N)c(Cl)cc1C(=O)NC(C)c1cnn(C)c1.Cl. The molecule has 0 fully saturated rings. The Morgan fingerprint density at radius 2 is 2.18 bits per heavy atom. The molecule has 2 rings (SSSR count). The first kappa shape index (κ1) is 18.1. The smallest absolute Gasteiger partial charge is 0.255 e. The van der Waals surface area contributed by atoms with Gasteiger partial charge in [0.05, 0.1) is 35.6 Å². The predicted molar refractivity (Wildman–Crippen MR) is 88.8 cm³/mol. The molecule has 0 spiro atoms. The Bertz CT molecular complexity index is 673. The first-order valence-electron chi connectivity index (χ1n) is 6.34. The zero-order valence-electron chi connectivity index (χ0n) is 12.5. The van der Waals surface area contributed by atoms with Gasteiger partial charge in [-0.25, -0.2) is 0 Å². The number of aryl methyl sites for hydroxylation is 1. The van der Waals surface area contributed by atoms with Crippen molar-refractivity contribution in [3.63, 3.8) is 0 Å². The van der Waals surface area contributed by atoms with Crippen LogP contribution in [0.1, 0.15) is 28.9 Å². The van der Waals surface area contributed by atoms with Crippen molar-refractivity contribution in [1.82, 2.24) is 15.1 Å². The molecule has 0 aliphatic carbocycles. The number of hydrogen-bond acceptors (Lipinski definition) is 4. The number of carbonyl (C=O) groups is 1. The molecule has 3 N–H and O–H groups in total. The number of nitrogen functional groups attached to an aromatic ring is 1. The summed E-state index contributed by atoms with van der Waals surface area (Å²) in [5.74, 6) is 0.0953. The number of anilines is 1. The molecule has 1 aromatic heterocycles. The van der Waals surface area contributed by atoms with E-state index < -0.39 is 0 Å². The van der Waals surface area contributed by atoms with E-state index in [1.165, 1.54) is 19.2 Å². The molecule has 22 heavy (non-hydrogen) atoms. The fourth-order valence-corrected chi connectivity index (χ4v) is 2.10. The van der Waals surface area contributed by atoms with Gasteiger partial charge in [0, 0.05) is 24.9 Å². The highest BCUT2D eigenvalue weighted by atomic mass is 35.5. The average molecular weight is 345 g/mol. The normalized spacial score (nSPS) is 11.5. The maximum atomic E-state index is 12.4. The molecular formula is C14H18Cl2N4O2. The summed E-state index contributed by atoms with van der Waals surface area (Å²) < 4.78 is 6.86. The Morgan fingerprint density at radius 3 is 2.73 bits per heavy atom. The highest BCUT2D eigenvalue weighted by molar-refractivity contribution is 6.33. The molecular weight excluding hydrogens is 327 g/mol. The Labute approximate surface area is 140 Å². The quantitative estimate of drug-likeness (QED) is 0.835. The molecule has 8 heteroatoms. The van der Waals surface area contributed by atoms with Crippen molar-refractivity contribution >= 4 is 35.6 Å². The van der Waals surface area contributed by atoms with Crippen LogP contribution >= 0.6 is 24.0 Å².